The molecule has 0 bridgehead atoms. The Hall–Kier alpha value is -2.23. The van der Waals surface area contributed by atoms with E-state index in [-0.39, 0.29) is 16.6 Å². The van der Waals surface area contributed by atoms with E-state index in [1.54, 1.807) is 6.07 Å². The molecule has 1 aliphatic rings. The van der Waals surface area contributed by atoms with Crippen LogP contribution in [0.1, 0.15) is 54.1 Å². The Morgan fingerprint density at radius 1 is 1.36 bits per heavy atom. The van der Waals surface area contributed by atoms with Crippen molar-refractivity contribution in [3.8, 4) is 6.07 Å². The lowest BCUT2D eigenvalue weighted by atomic mass is 9.81. The minimum atomic E-state index is -0.462. The van der Waals surface area contributed by atoms with Crippen LogP contribution in [0.25, 0.3) is 0 Å². The number of halogens is 1. The molecule has 0 saturated heterocycles. The van der Waals surface area contributed by atoms with Crippen molar-refractivity contribution in [2.24, 2.45) is 0 Å². The number of hydrogen-bond donors (Lipinski definition) is 2. The summed E-state index contributed by atoms with van der Waals surface area (Å²) in [5.74, 6) is -0.869. The first kappa shape index (κ1) is 17.6. The number of quaternary nitrogens is 1. The van der Waals surface area contributed by atoms with Crippen LogP contribution in [0, 0.1) is 17.1 Å². The summed E-state index contributed by atoms with van der Waals surface area (Å²) in [6.07, 6.45) is 0.765. The van der Waals surface area contributed by atoms with E-state index in [4.69, 9.17) is 0 Å². The van der Waals surface area contributed by atoms with Gasteiger partial charge in [0, 0.05) is 12.0 Å². The number of nitrogens with two attached hydrogens (primary N) is 1. The zero-order chi connectivity index (χ0) is 18.4. The van der Waals surface area contributed by atoms with Crippen LogP contribution >= 0.6 is 11.3 Å². The zero-order valence-corrected chi connectivity index (χ0v) is 15.6. The maximum absolute atomic E-state index is 13.4. The number of carbonyl (C=O) groups excluding carboxylic acids is 1. The van der Waals surface area contributed by atoms with E-state index in [1.165, 1.54) is 29.5 Å². The van der Waals surface area contributed by atoms with Gasteiger partial charge in [0.05, 0.1) is 16.0 Å². The largest absolute Gasteiger partial charge is 0.333 e. The quantitative estimate of drug-likeness (QED) is 0.866. The van der Waals surface area contributed by atoms with Crippen molar-refractivity contribution in [1.29, 1.82) is 5.26 Å². The molecule has 0 fully saturated rings. The zero-order valence-electron chi connectivity index (χ0n) is 14.7. The van der Waals surface area contributed by atoms with E-state index < -0.39 is 11.7 Å². The molecule has 130 valence electrons. The molecular formula is C19H21FN3OS+. The van der Waals surface area contributed by atoms with Gasteiger partial charge in [0.25, 0.3) is 5.91 Å². The Kier molecular flexibility index (Phi) is 4.18. The first-order chi connectivity index (χ1) is 11.6. The van der Waals surface area contributed by atoms with Crippen molar-refractivity contribution >= 4 is 22.2 Å². The first-order valence-corrected chi connectivity index (χ1v) is 8.95. The molecule has 0 saturated carbocycles. The van der Waals surface area contributed by atoms with Gasteiger partial charge in [0.1, 0.15) is 22.4 Å². The molecule has 4 nitrogen and oxygen atoms in total. The van der Waals surface area contributed by atoms with Gasteiger partial charge in [0.15, 0.2) is 0 Å². The Morgan fingerprint density at radius 3 is 2.72 bits per heavy atom. The summed E-state index contributed by atoms with van der Waals surface area (Å²) in [5.41, 5.74) is 1.59. The number of benzene rings is 1. The third-order valence-electron chi connectivity index (χ3n) is 4.40. The smallest absolute Gasteiger partial charge is 0.256 e. The summed E-state index contributed by atoms with van der Waals surface area (Å²) >= 11 is 1.44. The Labute approximate surface area is 150 Å². The van der Waals surface area contributed by atoms with Gasteiger partial charge in [-0.2, -0.15) is 5.26 Å². The number of anilines is 1. The minimum absolute atomic E-state index is 0.0208. The van der Waals surface area contributed by atoms with Crippen LogP contribution < -0.4 is 10.6 Å². The number of nitrogens with zero attached hydrogens (tertiary/aromatic N) is 1. The lowest BCUT2D eigenvalue weighted by molar-refractivity contribution is -0.789. The van der Waals surface area contributed by atoms with Gasteiger partial charge in [0.2, 0.25) is 0 Å². The second kappa shape index (κ2) is 5.94. The van der Waals surface area contributed by atoms with Gasteiger partial charge in [-0.1, -0.05) is 6.07 Å². The van der Waals surface area contributed by atoms with E-state index in [1.807, 2.05) is 0 Å². The van der Waals surface area contributed by atoms with Gasteiger partial charge in [-0.05, 0) is 51.5 Å². The molecule has 1 aromatic heterocycles. The Morgan fingerprint density at radius 2 is 2.08 bits per heavy atom. The molecule has 0 spiro atoms. The summed E-state index contributed by atoms with van der Waals surface area (Å²) in [7, 11) is 0. The maximum atomic E-state index is 13.4. The number of amides is 1. The molecule has 0 radical (unpaired) electrons. The van der Waals surface area contributed by atoms with E-state index in [2.05, 4.69) is 44.4 Å². The third-order valence-corrected chi connectivity index (χ3v) is 5.89. The van der Waals surface area contributed by atoms with Crippen molar-refractivity contribution in [3.05, 3.63) is 51.7 Å². The lowest BCUT2D eigenvalue weighted by Gasteiger charge is -2.38. The van der Waals surface area contributed by atoms with E-state index >= 15 is 0 Å². The summed E-state index contributed by atoms with van der Waals surface area (Å²) in [5, 5.41) is 15.3. The highest BCUT2D eigenvalue weighted by atomic mass is 32.1. The van der Waals surface area contributed by atoms with Crippen molar-refractivity contribution < 1.29 is 14.5 Å². The number of nitriles is 1. The predicted octanol–water partition coefficient (Wildman–Crippen LogP) is 3.14. The highest BCUT2D eigenvalue weighted by Gasteiger charge is 2.44. The average molecular weight is 358 g/mol. The fraction of sp³-hybridized carbons (Fsp3) is 0.368. The lowest BCUT2D eigenvalue weighted by Crippen LogP contribution is -3.03. The first-order valence-electron chi connectivity index (χ1n) is 8.13. The van der Waals surface area contributed by atoms with Crippen LogP contribution in [0.5, 0.6) is 0 Å². The molecule has 0 atom stereocenters. The predicted molar refractivity (Wildman–Crippen MR) is 96.1 cm³/mol. The van der Waals surface area contributed by atoms with Crippen molar-refractivity contribution in [1.82, 2.24) is 0 Å². The molecule has 1 aromatic carbocycles. The molecule has 6 heteroatoms. The second-order valence-electron chi connectivity index (χ2n) is 7.72. The third kappa shape index (κ3) is 3.30. The van der Waals surface area contributed by atoms with Gasteiger partial charge in [-0.15, -0.1) is 11.3 Å². The molecule has 1 amide bonds. The molecule has 3 N–H and O–H groups in total. The van der Waals surface area contributed by atoms with E-state index in [0.717, 1.165) is 16.9 Å². The number of hydrogen-bond acceptors (Lipinski definition) is 3. The van der Waals surface area contributed by atoms with Crippen molar-refractivity contribution in [2.75, 3.05) is 5.32 Å². The van der Waals surface area contributed by atoms with Gasteiger partial charge in [-0.25, -0.2) is 4.39 Å². The second-order valence-corrected chi connectivity index (χ2v) is 8.74. The Balaban J connectivity index is 2.01. The molecule has 2 heterocycles. The van der Waals surface area contributed by atoms with Crippen molar-refractivity contribution in [2.45, 2.75) is 45.2 Å². The summed E-state index contributed by atoms with van der Waals surface area (Å²) in [6, 6.07) is 7.79. The molecule has 2 aromatic rings. The Bertz CT molecular complexity index is 893. The number of thiophene rings is 1. The number of rotatable bonds is 2. The monoisotopic (exact) mass is 358 g/mol. The number of nitrogens with one attached hydrogen (secondary N) is 1. The van der Waals surface area contributed by atoms with Crippen LogP contribution in [0.4, 0.5) is 9.39 Å². The van der Waals surface area contributed by atoms with E-state index in [0.29, 0.717) is 10.6 Å². The normalized spacial score (nSPS) is 17.4. The fourth-order valence-electron chi connectivity index (χ4n) is 3.71. The molecule has 0 aliphatic carbocycles. The molecular weight excluding hydrogens is 337 g/mol. The molecule has 0 unspecified atom stereocenters. The summed E-state index contributed by atoms with van der Waals surface area (Å²) in [4.78, 5) is 13.6. The molecule has 1 aliphatic heterocycles. The maximum Gasteiger partial charge on any atom is 0.256 e. The van der Waals surface area contributed by atoms with Crippen LogP contribution in [-0.4, -0.2) is 11.4 Å². The number of fused-ring (bicyclic) bond motifs is 1. The SMILES string of the molecule is CC1(C)Cc2c(sc(NC(=O)c3cccc(F)c3)c2C#N)C(C)(C)[NH2+]1. The van der Waals surface area contributed by atoms with Gasteiger partial charge < -0.3 is 10.6 Å². The van der Waals surface area contributed by atoms with Crippen LogP contribution in [0.3, 0.4) is 0 Å². The average Bonchev–Trinajstić information content (AvgIpc) is 2.83. The van der Waals surface area contributed by atoms with Gasteiger partial charge >= 0.3 is 0 Å². The van der Waals surface area contributed by atoms with Crippen LogP contribution in [0.2, 0.25) is 0 Å². The van der Waals surface area contributed by atoms with E-state index in [9.17, 15) is 14.4 Å². The number of carbonyl (C=O) groups is 1. The van der Waals surface area contributed by atoms with Crippen LogP contribution in [0.15, 0.2) is 24.3 Å². The van der Waals surface area contributed by atoms with Crippen molar-refractivity contribution in [3.63, 3.8) is 0 Å². The fourth-order valence-corrected chi connectivity index (χ4v) is 4.95. The van der Waals surface area contributed by atoms with Gasteiger partial charge in [-0.3, -0.25) is 4.79 Å². The minimum Gasteiger partial charge on any atom is -0.333 e. The highest BCUT2D eigenvalue weighted by Crippen LogP contribution is 2.41. The topological polar surface area (TPSA) is 69.5 Å². The molecule has 3 rings (SSSR count). The summed E-state index contributed by atoms with van der Waals surface area (Å²) in [6.45, 7) is 8.56. The molecule has 25 heavy (non-hydrogen) atoms. The highest BCUT2D eigenvalue weighted by molar-refractivity contribution is 7.16. The summed E-state index contributed by atoms with van der Waals surface area (Å²) < 4.78 is 13.4. The van der Waals surface area contributed by atoms with Crippen LogP contribution in [-0.2, 0) is 12.0 Å². The standard InChI is InChI=1S/C19H20FN3OS/c1-18(2)9-13-14(10-21)17(25-15(13)19(3,4)23-18)22-16(24)11-6-5-7-12(20)8-11/h5-8,23H,9H2,1-4H3,(H,22,24)/p+1.